The van der Waals surface area contributed by atoms with E-state index in [9.17, 15) is 0 Å². The van der Waals surface area contributed by atoms with Gasteiger partial charge in [0, 0.05) is 7.05 Å². The number of ether oxygens (including phenoxy) is 1. The lowest BCUT2D eigenvalue weighted by atomic mass is 10.1. The molecule has 4 heteroatoms. The van der Waals surface area contributed by atoms with Crippen molar-refractivity contribution < 1.29 is 4.74 Å². The van der Waals surface area contributed by atoms with E-state index in [-0.39, 0.29) is 0 Å². The van der Waals surface area contributed by atoms with E-state index in [4.69, 9.17) is 10.5 Å². The molecule has 0 aliphatic carbocycles. The Morgan fingerprint density at radius 3 is 2.61 bits per heavy atom. The molecule has 2 aromatic rings. The Morgan fingerprint density at radius 1 is 1.28 bits per heavy atom. The van der Waals surface area contributed by atoms with Crippen LogP contribution in [0.3, 0.4) is 0 Å². The maximum absolute atomic E-state index is 5.89. The third-order valence-electron chi connectivity index (χ3n) is 2.91. The molecule has 1 aromatic carbocycles. The van der Waals surface area contributed by atoms with Crippen molar-refractivity contribution in [1.29, 1.82) is 0 Å². The molecule has 0 saturated heterocycles. The minimum absolute atomic E-state index is 0.636. The van der Waals surface area contributed by atoms with E-state index in [1.807, 2.05) is 20.0 Å². The zero-order chi connectivity index (χ0) is 13.0. The number of benzene rings is 1. The summed E-state index contributed by atoms with van der Waals surface area (Å²) in [5.41, 5.74) is 8.67. The molecule has 0 bridgehead atoms. The number of aryl methyl sites for hydroxylation is 3. The lowest BCUT2D eigenvalue weighted by Crippen LogP contribution is -2.05. The van der Waals surface area contributed by atoms with E-state index >= 15 is 0 Å². The largest absolute Gasteiger partial charge is 0.476 e. The van der Waals surface area contributed by atoms with E-state index in [1.54, 1.807) is 4.68 Å². The van der Waals surface area contributed by atoms with Crippen LogP contribution < -0.4 is 10.5 Å². The summed E-state index contributed by atoms with van der Waals surface area (Å²) in [5.74, 6) is 0.667. The molecule has 0 amide bonds. The number of anilines is 1. The number of rotatable bonds is 5. The number of nitrogen functional groups attached to an aromatic ring is 1. The molecule has 2 N–H and O–H groups in total. The fourth-order valence-electron chi connectivity index (χ4n) is 1.91. The maximum Gasteiger partial charge on any atom is 0.235 e. The Labute approximate surface area is 107 Å². The van der Waals surface area contributed by atoms with Crippen LogP contribution in [-0.4, -0.2) is 16.4 Å². The number of aromatic nitrogens is 2. The predicted molar refractivity (Wildman–Crippen MR) is 72.6 cm³/mol. The molecule has 4 nitrogen and oxygen atoms in total. The number of nitrogens with two attached hydrogens (primary N) is 1. The van der Waals surface area contributed by atoms with Gasteiger partial charge in [-0.05, 0) is 25.3 Å². The summed E-state index contributed by atoms with van der Waals surface area (Å²) in [6.07, 6.45) is 1.98. The summed E-state index contributed by atoms with van der Waals surface area (Å²) in [4.78, 5) is 0. The second-order valence-corrected chi connectivity index (χ2v) is 4.37. The Hall–Kier alpha value is -1.97. The second kappa shape index (κ2) is 5.58. The summed E-state index contributed by atoms with van der Waals surface area (Å²) in [6, 6.07) is 10.4. The standard InChI is InChI=1S/C14H19N3O/c1-11-13(15)14(17(2)16-11)18-10-6-9-12-7-4-3-5-8-12/h3-5,7-8H,6,9-10,15H2,1-2H3. The lowest BCUT2D eigenvalue weighted by Gasteiger charge is -2.07. The normalized spacial score (nSPS) is 10.6. The molecule has 1 aromatic heterocycles. The van der Waals surface area contributed by atoms with Crippen molar-refractivity contribution in [1.82, 2.24) is 9.78 Å². The van der Waals surface area contributed by atoms with Crippen molar-refractivity contribution in [3.8, 4) is 5.88 Å². The maximum atomic E-state index is 5.89. The van der Waals surface area contributed by atoms with E-state index in [2.05, 4.69) is 29.4 Å². The van der Waals surface area contributed by atoms with Crippen molar-refractivity contribution >= 4 is 5.69 Å². The Morgan fingerprint density at radius 2 is 2.00 bits per heavy atom. The van der Waals surface area contributed by atoms with Crippen molar-refractivity contribution in [2.45, 2.75) is 19.8 Å². The molecule has 0 atom stereocenters. The number of nitrogens with zero attached hydrogens (tertiary/aromatic N) is 2. The van der Waals surface area contributed by atoms with Crippen LogP contribution in [0.2, 0.25) is 0 Å². The molecule has 1 heterocycles. The number of hydrogen-bond acceptors (Lipinski definition) is 3. The minimum Gasteiger partial charge on any atom is -0.476 e. The highest BCUT2D eigenvalue weighted by Crippen LogP contribution is 2.23. The highest BCUT2D eigenvalue weighted by molar-refractivity contribution is 5.52. The van der Waals surface area contributed by atoms with Gasteiger partial charge in [0.1, 0.15) is 5.69 Å². The molecule has 0 aliphatic heterocycles. The van der Waals surface area contributed by atoms with Gasteiger partial charge >= 0.3 is 0 Å². The first-order chi connectivity index (χ1) is 8.68. The summed E-state index contributed by atoms with van der Waals surface area (Å²) in [5, 5.41) is 4.21. The Kier molecular flexibility index (Phi) is 3.87. The van der Waals surface area contributed by atoms with Crippen LogP contribution in [0.15, 0.2) is 30.3 Å². The second-order valence-electron chi connectivity index (χ2n) is 4.37. The van der Waals surface area contributed by atoms with Crippen molar-refractivity contribution in [2.24, 2.45) is 7.05 Å². The van der Waals surface area contributed by atoms with Crippen LogP contribution in [0.4, 0.5) is 5.69 Å². The van der Waals surface area contributed by atoms with E-state index < -0.39 is 0 Å². The minimum atomic E-state index is 0.636. The molecule has 2 rings (SSSR count). The quantitative estimate of drug-likeness (QED) is 0.822. The first kappa shape index (κ1) is 12.5. The average molecular weight is 245 g/mol. The van der Waals surface area contributed by atoms with Crippen LogP contribution in [0.25, 0.3) is 0 Å². The molecular weight excluding hydrogens is 226 g/mol. The van der Waals surface area contributed by atoms with Gasteiger partial charge in [-0.3, -0.25) is 0 Å². The van der Waals surface area contributed by atoms with Crippen LogP contribution in [0, 0.1) is 6.92 Å². The van der Waals surface area contributed by atoms with Crippen LogP contribution >= 0.6 is 0 Å². The Balaban J connectivity index is 1.82. The predicted octanol–water partition coefficient (Wildman–Crippen LogP) is 2.32. The zero-order valence-electron chi connectivity index (χ0n) is 10.9. The fraction of sp³-hybridized carbons (Fsp3) is 0.357. The van der Waals surface area contributed by atoms with Gasteiger partial charge in [0.2, 0.25) is 5.88 Å². The third-order valence-corrected chi connectivity index (χ3v) is 2.91. The van der Waals surface area contributed by atoms with Gasteiger partial charge in [-0.15, -0.1) is 0 Å². The van der Waals surface area contributed by atoms with Gasteiger partial charge in [-0.25, -0.2) is 4.68 Å². The first-order valence-corrected chi connectivity index (χ1v) is 6.14. The van der Waals surface area contributed by atoms with E-state index in [1.165, 1.54) is 5.56 Å². The van der Waals surface area contributed by atoms with Crippen LogP contribution in [0.5, 0.6) is 5.88 Å². The Bertz CT molecular complexity index is 505. The van der Waals surface area contributed by atoms with Crippen molar-refractivity contribution in [3.63, 3.8) is 0 Å². The molecule has 18 heavy (non-hydrogen) atoms. The molecule has 0 aliphatic rings. The summed E-state index contributed by atoms with van der Waals surface area (Å²) >= 11 is 0. The summed E-state index contributed by atoms with van der Waals surface area (Å²) < 4.78 is 7.37. The summed E-state index contributed by atoms with van der Waals surface area (Å²) in [6.45, 7) is 2.53. The van der Waals surface area contributed by atoms with Gasteiger partial charge in [0.15, 0.2) is 0 Å². The average Bonchev–Trinajstić information content (AvgIpc) is 2.61. The monoisotopic (exact) mass is 245 g/mol. The van der Waals surface area contributed by atoms with E-state index in [0.29, 0.717) is 18.2 Å². The van der Waals surface area contributed by atoms with Crippen LogP contribution in [-0.2, 0) is 13.5 Å². The van der Waals surface area contributed by atoms with Crippen molar-refractivity contribution in [3.05, 3.63) is 41.6 Å². The SMILES string of the molecule is Cc1nn(C)c(OCCCc2ccccc2)c1N. The van der Waals surface area contributed by atoms with Gasteiger partial charge in [-0.2, -0.15) is 5.10 Å². The lowest BCUT2D eigenvalue weighted by molar-refractivity contribution is 0.286. The topological polar surface area (TPSA) is 53.1 Å². The number of hydrogen-bond donors (Lipinski definition) is 1. The van der Waals surface area contributed by atoms with Gasteiger partial charge in [0.25, 0.3) is 0 Å². The van der Waals surface area contributed by atoms with Gasteiger partial charge in [-0.1, -0.05) is 30.3 Å². The van der Waals surface area contributed by atoms with Crippen LogP contribution in [0.1, 0.15) is 17.7 Å². The molecule has 0 radical (unpaired) electrons. The first-order valence-electron chi connectivity index (χ1n) is 6.14. The molecular formula is C14H19N3O. The smallest absolute Gasteiger partial charge is 0.235 e. The highest BCUT2D eigenvalue weighted by Gasteiger charge is 2.10. The molecule has 0 saturated carbocycles. The molecule has 96 valence electrons. The van der Waals surface area contributed by atoms with Crippen molar-refractivity contribution in [2.75, 3.05) is 12.3 Å². The zero-order valence-corrected chi connectivity index (χ0v) is 10.9. The van der Waals surface area contributed by atoms with Gasteiger partial charge in [0.05, 0.1) is 12.3 Å². The molecule has 0 spiro atoms. The fourth-order valence-corrected chi connectivity index (χ4v) is 1.91. The van der Waals surface area contributed by atoms with E-state index in [0.717, 1.165) is 18.5 Å². The van der Waals surface area contributed by atoms with Gasteiger partial charge < -0.3 is 10.5 Å². The summed E-state index contributed by atoms with van der Waals surface area (Å²) in [7, 11) is 1.84. The molecule has 0 fully saturated rings. The third kappa shape index (κ3) is 2.83. The molecule has 0 unspecified atom stereocenters. The highest BCUT2D eigenvalue weighted by atomic mass is 16.5.